The predicted molar refractivity (Wildman–Crippen MR) is 128 cm³/mol. The van der Waals surface area contributed by atoms with Crippen LogP contribution in [0.3, 0.4) is 0 Å². The van der Waals surface area contributed by atoms with Crippen molar-refractivity contribution in [3.05, 3.63) is 35.9 Å². The van der Waals surface area contributed by atoms with Crippen molar-refractivity contribution >= 4 is 29.5 Å². The van der Waals surface area contributed by atoms with E-state index in [9.17, 15) is 19.5 Å². The average Bonchev–Trinajstić information content (AvgIpc) is 3.46. The maximum atomic E-state index is 13.7. The molecule has 1 spiro atoms. The second-order valence-corrected chi connectivity index (χ2v) is 11.0. The van der Waals surface area contributed by atoms with Gasteiger partial charge in [0.05, 0.1) is 16.6 Å². The molecule has 3 saturated heterocycles. The molecule has 3 heterocycles. The molecule has 1 aromatic rings. The van der Waals surface area contributed by atoms with Gasteiger partial charge in [0.25, 0.3) is 0 Å². The summed E-state index contributed by atoms with van der Waals surface area (Å²) in [6, 6.07) is 9.21. The first-order valence-electron chi connectivity index (χ1n) is 12.2. The van der Waals surface area contributed by atoms with Crippen LogP contribution in [-0.4, -0.2) is 63.5 Å². The van der Waals surface area contributed by atoms with Gasteiger partial charge in [-0.3, -0.25) is 14.4 Å². The Kier molecular flexibility index (Phi) is 7.64. The van der Waals surface area contributed by atoms with Gasteiger partial charge < -0.3 is 20.6 Å². The lowest BCUT2D eigenvalue weighted by molar-refractivity contribution is -0.140. The Morgan fingerprint density at radius 2 is 1.94 bits per heavy atom. The molecule has 5 atom stereocenters. The summed E-state index contributed by atoms with van der Waals surface area (Å²) >= 11 is 1.70. The minimum absolute atomic E-state index is 0.0608. The van der Waals surface area contributed by atoms with E-state index in [-0.39, 0.29) is 29.6 Å². The molecule has 4 rings (SSSR count). The van der Waals surface area contributed by atoms with E-state index in [0.717, 1.165) is 31.2 Å². The highest BCUT2D eigenvalue weighted by Crippen LogP contribution is 2.66. The van der Waals surface area contributed by atoms with Gasteiger partial charge in [-0.2, -0.15) is 0 Å². The number of fused-ring (bicyclic) bond motifs is 1. The quantitative estimate of drug-likeness (QED) is 0.428. The van der Waals surface area contributed by atoms with Gasteiger partial charge in [0.2, 0.25) is 17.7 Å². The van der Waals surface area contributed by atoms with Crippen molar-refractivity contribution in [2.75, 3.05) is 19.7 Å². The summed E-state index contributed by atoms with van der Waals surface area (Å²) in [5.74, 6) is -1.12. The summed E-state index contributed by atoms with van der Waals surface area (Å²) in [4.78, 5) is 42.1. The van der Waals surface area contributed by atoms with E-state index >= 15 is 0 Å². The fourth-order valence-electron chi connectivity index (χ4n) is 5.78. The lowest BCUT2D eigenvalue weighted by Crippen LogP contribution is -2.54. The highest BCUT2D eigenvalue weighted by Gasteiger charge is 2.73. The van der Waals surface area contributed by atoms with Gasteiger partial charge >= 0.3 is 0 Å². The van der Waals surface area contributed by atoms with Crippen molar-refractivity contribution in [1.82, 2.24) is 15.5 Å². The third-order valence-corrected chi connectivity index (χ3v) is 9.25. The van der Waals surface area contributed by atoms with E-state index in [0.29, 0.717) is 32.5 Å². The molecule has 0 radical (unpaired) electrons. The van der Waals surface area contributed by atoms with Crippen LogP contribution in [0.2, 0.25) is 0 Å². The molecule has 180 valence electrons. The van der Waals surface area contributed by atoms with Crippen molar-refractivity contribution in [3.8, 4) is 0 Å². The average molecular weight is 474 g/mol. The number of hydrogen-bond acceptors (Lipinski definition) is 5. The largest absolute Gasteiger partial charge is 0.396 e. The second-order valence-electron chi connectivity index (χ2n) is 9.37. The van der Waals surface area contributed by atoms with Crippen molar-refractivity contribution in [3.63, 3.8) is 0 Å². The van der Waals surface area contributed by atoms with E-state index in [1.54, 1.807) is 16.7 Å². The Labute approximate surface area is 200 Å². The summed E-state index contributed by atoms with van der Waals surface area (Å²) in [7, 11) is 0. The topological polar surface area (TPSA) is 98.7 Å². The number of hydrogen-bond donors (Lipinski definition) is 3. The SMILES string of the molecule is CCCCNC(=O)C1N(CCCCO)C(=O)[C@@H]2[C@H](C(=O)NCc3ccccc3)[C@@H]3CCC12S3. The number of rotatable bonds is 11. The van der Waals surface area contributed by atoms with Crippen molar-refractivity contribution in [2.45, 2.75) is 68.0 Å². The Bertz CT molecular complexity index is 866. The van der Waals surface area contributed by atoms with Crippen molar-refractivity contribution < 1.29 is 19.5 Å². The zero-order valence-corrected chi connectivity index (χ0v) is 20.1. The number of nitrogens with zero attached hydrogens (tertiary/aromatic N) is 1. The van der Waals surface area contributed by atoms with Crippen LogP contribution in [0.4, 0.5) is 0 Å². The summed E-state index contributed by atoms with van der Waals surface area (Å²) in [5, 5.41) is 15.4. The normalized spacial score (nSPS) is 29.9. The smallest absolute Gasteiger partial charge is 0.244 e. The molecule has 33 heavy (non-hydrogen) atoms. The molecular formula is C25H35N3O4S. The summed E-state index contributed by atoms with van der Waals surface area (Å²) in [6.07, 6.45) is 4.74. The van der Waals surface area contributed by atoms with Crippen LogP contribution >= 0.6 is 11.8 Å². The number of nitrogens with one attached hydrogen (secondary N) is 2. The molecule has 8 heteroatoms. The number of benzene rings is 1. The van der Waals surface area contributed by atoms with Gasteiger partial charge in [-0.25, -0.2) is 0 Å². The number of aliphatic hydroxyl groups excluding tert-OH is 1. The third-order valence-electron chi connectivity index (χ3n) is 7.30. The molecule has 1 aromatic carbocycles. The summed E-state index contributed by atoms with van der Waals surface area (Å²) in [5.41, 5.74) is 1.02. The third kappa shape index (κ3) is 4.52. The molecular weight excluding hydrogens is 438 g/mol. The number of unbranched alkanes of at least 4 members (excludes halogenated alkanes) is 2. The number of carbonyl (C=O) groups excluding carboxylic acids is 3. The van der Waals surface area contributed by atoms with Gasteiger partial charge in [-0.1, -0.05) is 43.7 Å². The maximum Gasteiger partial charge on any atom is 0.244 e. The molecule has 3 aliphatic rings. The van der Waals surface area contributed by atoms with Gasteiger partial charge in [0.15, 0.2) is 0 Å². The molecule has 0 saturated carbocycles. The van der Waals surface area contributed by atoms with Crippen LogP contribution in [0.15, 0.2) is 30.3 Å². The second kappa shape index (κ2) is 10.5. The van der Waals surface area contributed by atoms with Gasteiger partial charge in [0, 0.05) is 31.5 Å². The number of thioether (sulfide) groups is 1. The van der Waals surface area contributed by atoms with E-state index < -0.39 is 22.6 Å². The zero-order chi connectivity index (χ0) is 23.4. The molecule has 0 aromatic heterocycles. The first kappa shape index (κ1) is 24.1. The number of carbonyl (C=O) groups is 3. The first-order valence-corrected chi connectivity index (χ1v) is 13.1. The molecule has 7 nitrogen and oxygen atoms in total. The van der Waals surface area contributed by atoms with Gasteiger partial charge in [0.1, 0.15) is 6.04 Å². The Morgan fingerprint density at radius 1 is 1.15 bits per heavy atom. The number of aliphatic hydroxyl groups is 1. The van der Waals surface area contributed by atoms with Crippen molar-refractivity contribution in [2.24, 2.45) is 11.8 Å². The number of amides is 3. The van der Waals surface area contributed by atoms with Gasteiger partial charge in [-0.05, 0) is 37.7 Å². The van der Waals surface area contributed by atoms with Crippen LogP contribution in [0.1, 0.15) is 51.0 Å². The first-order chi connectivity index (χ1) is 16.0. The molecule has 2 bridgehead atoms. The van der Waals surface area contributed by atoms with E-state index in [2.05, 4.69) is 17.6 Å². The minimum atomic E-state index is -0.549. The van der Waals surface area contributed by atoms with Gasteiger partial charge in [-0.15, -0.1) is 11.8 Å². The number of likely N-dealkylation sites (tertiary alicyclic amines) is 1. The van der Waals surface area contributed by atoms with Crippen LogP contribution in [0.25, 0.3) is 0 Å². The van der Waals surface area contributed by atoms with E-state index in [1.165, 1.54) is 0 Å². The minimum Gasteiger partial charge on any atom is -0.396 e. The molecule has 3 amide bonds. The van der Waals surface area contributed by atoms with Crippen LogP contribution in [0, 0.1) is 11.8 Å². The fraction of sp³-hybridized carbons (Fsp3) is 0.640. The molecule has 2 unspecified atom stereocenters. The molecule has 3 N–H and O–H groups in total. The van der Waals surface area contributed by atoms with E-state index in [1.807, 2.05) is 30.3 Å². The highest BCUT2D eigenvalue weighted by atomic mass is 32.2. The van der Waals surface area contributed by atoms with Crippen LogP contribution in [0.5, 0.6) is 0 Å². The molecule has 3 aliphatic heterocycles. The Hall–Kier alpha value is -2.06. The standard InChI is InChI=1S/C25H35N3O4S/c1-2-3-13-26-23(31)21-25-12-11-18(33-25)19(20(25)24(32)28(21)14-7-8-15-29)22(30)27-16-17-9-5-4-6-10-17/h4-6,9-10,18-21,29H,2-3,7-8,11-16H2,1H3,(H,26,31)(H,27,30)/t18-,19+,20-,21?,25?/m0/s1. The van der Waals surface area contributed by atoms with E-state index in [4.69, 9.17) is 0 Å². The lowest BCUT2D eigenvalue weighted by atomic mass is 9.70. The summed E-state index contributed by atoms with van der Waals surface area (Å²) in [6.45, 7) is 3.61. The van der Waals surface area contributed by atoms with Crippen LogP contribution in [-0.2, 0) is 20.9 Å². The highest BCUT2D eigenvalue weighted by molar-refractivity contribution is 8.02. The predicted octanol–water partition coefficient (Wildman–Crippen LogP) is 2.08. The summed E-state index contributed by atoms with van der Waals surface area (Å²) < 4.78 is -0.536. The Balaban J connectivity index is 1.55. The Morgan fingerprint density at radius 3 is 2.67 bits per heavy atom. The van der Waals surface area contributed by atoms with Crippen LogP contribution < -0.4 is 10.6 Å². The molecule has 0 aliphatic carbocycles. The maximum absolute atomic E-state index is 13.7. The monoisotopic (exact) mass is 473 g/mol. The lowest BCUT2D eigenvalue weighted by Gasteiger charge is -2.34. The fourth-order valence-corrected chi connectivity index (χ4v) is 8.00. The van der Waals surface area contributed by atoms with Crippen molar-refractivity contribution in [1.29, 1.82) is 0 Å². The zero-order valence-electron chi connectivity index (χ0n) is 19.3. The molecule has 3 fully saturated rings.